The first kappa shape index (κ1) is 14.5. The average molecular weight is 326 g/mol. The summed E-state index contributed by atoms with van der Waals surface area (Å²) in [6.07, 6.45) is 0.656. The maximum Gasteiger partial charge on any atom is 0.183 e. The van der Waals surface area contributed by atoms with E-state index in [-0.39, 0.29) is 23.2 Å². The normalized spacial score (nSPS) is 20.5. The van der Waals surface area contributed by atoms with Crippen LogP contribution in [0.3, 0.4) is 0 Å². The smallest absolute Gasteiger partial charge is 0.183 e. The number of halogens is 1. The summed E-state index contributed by atoms with van der Waals surface area (Å²) in [5.74, 6) is 0.229. The quantitative estimate of drug-likeness (QED) is 0.938. The fourth-order valence-corrected chi connectivity index (χ4v) is 4.91. The van der Waals surface area contributed by atoms with Gasteiger partial charge in [-0.1, -0.05) is 12.1 Å². The molecule has 1 saturated heterocycles. The summed E-state index contributed by atoms with van der Waals surface area (Å²) in [5.41, 5.74) is 1.82. The Morgan fingerprint density at radius 1 is 1.33 bits per heavy atom. The van der Waals surface area contributed by atoms with Gasteiger partial charge in [-0.3, -0.25) is 0 Å². The number of thiazole rings is 1. The zero-order chi connectivity index (χ0) is 14.9. The number of nitrogens with one attached hydrogen (secondary N) is 1. The van der Waals surface area contributed by atoms with Crippen molar-refractivity contribution >= 4 is 26.3 Å². The Hall–Kier alpha value is -1.47. The van der Waals surface area contributed by atoms with Gasteiger partial charge in [-0.25, -0.2) is 17.8 Å². The molecule has 0 aliphatic carbocycles. The second-order valence-electron chi connectivity index (χ2n) is 5.16. The molecule has 0 radical (unpaired) electrons. The van der Waals surface area contributed by atoms with Crippen LogP contribution in [-0.4, -0.2) is 24.9 Å². The van der Waals surface area contributed by atoms with Gasteiger partial charge >= 0.3 is 0 Å². The Balaban J connectivity index is 1.62. The number of benzene rings is 1. The van der Waals surface area contributed by atoms with Gasteiger partial charge in [-0.2, -0.15) is 0 Å². The molecule has 1 aromatic carbocycles. The third kappa shape index (κ3) is 3.59. The minimum absolute atomic E-state index is 0.0209. The van der Waals surface area contributed by atoms with E-state index in [9.17, 15) is 12.8 Å². The van der Waals surface area contributed by atoms with Gasteiger partial charge in [0.15, 0.2) is 15.0 Å². The van der Waals surface area contributed by atoms with Crippen molar-refractivity contribution in [2.45, 2.75) is 18.9 Å². The SMILES string of the molecule is O=S1(=O)CCC(c2csc(NCc3ccc(F)cc3)n2)C1. The molecule has 0 amide bonds. The predicted molar refractivity (Wildman–Crippen MR) is 81.9 cm³/mol. The van der Waals surface area contributed by atoms with Crippen LogP contribution in [0.4, 0.5) is 9.52 Å². The Morgan fingerprint density at radius 2 is 2.10 bits per heavy atom. The number of sulfone groups is 1. The van der Waals surface area contributed by atoms with E-state index >= 15 is 0 Å². The van der Waals surface area contributed by atoms with Crippen LogP contribution < -0.4 is 5.32 Å². The minimum atomic E-state index is -2.88. The molecule has 1 fully saturated rings. The lowest BCUT2D eigenvalue weighted by molar-refractivity contribution is 0.601. The molecule has 1 atom stereocenters. The van der Waals surface area contributed by atoms with E-state index in [4.69, 9.17) is 0 Å². The molecule has 112 valence electrons. The lowest BCUT2D eigenvalue weighted by Gasteiger charge is -2.04. The molecule has 0 spiro atoms. The topological polar surface area (TPSA) is 59.1 Å². The zero-order valence-corrected chi connectivity index (χ0v) is 12.9. The predicted octanol–water partition coefficient (Wildman–Crippen LogP) is 2.80. The number of rotatable bonds is 4. The van der Waals surface area contributed by atoms with Crippen LogP contribution in [0.15, 0.2) is 29.6 Å². The monoisotopic (exact) mass is 326 g/mol. The highest BCUT2D eigenvalue weighted by molar-refractivity contribution is 7.91. The van der Waals surface area contributed by atoms with E-state index in [1.54, 1.807) is 12.1 Å². The summed E-state index contributed by atoms with van der Waals surface area (Å²) in [6.45, 7) is 0.566. The van der Waals surface area contributed by atoms with Crippen LogP contribution in [0.1, 0.15) is 23.6 Å². The molecule has 4 nitrogen and oxygen atoms in total. The zero-order valence-electron chi connectivity index (χ0n) is 11.3. The molecular weight excluding hydrogens is 311 g/mol. The van der Waals surface area contributed by atoms with Gasteiger partial charge in [0.05, 0.1) is 17.2 Å². The van der Waals surface area contributed by atoms with E-state index in [0.717, 1.165) is 16.4 Å². The molecular formula is C14H15FN2O2S2. The van der Waals surface area contributed by atoms with Crippen molar-refractivity contribution in [3.05, 3.63) is 46.7 Å². The van der Waals surface area contributed by atoms with Crippen molar-refractivity contribution in [2.24, 2.45) is 0 Å². The maximum absolute atomic E-state index is 12.8. The van der Waals surface area contributed by atoms with Gasteiger partial charge in [0.2, 0.25) is 0 Å². The van der Waals surface area contributed by atoms with Gasteiger partial charge < -0.3 is 5.32 Å². The number of aromatic nitrogens is 1. The third-order valence-electron chi connectivity index (χ3n) is 3.53. The summed E-state index contributed by atoms with van der Waals surface area (Å²) in [7, 11) is -2.88. The first-order chi connectivity index (χ1) is 10.0. The largest absolute Gasteiger partial charge is 0.357 e. The van der Waals surface area contributed by atoms with Crippen LogP contribution in [0.25, 0.3) is 0 Å². The van der Waals surface area contributed by atoms with Crippen molar-refractivity contribution in [3.63, 3.8) is 0 Å². The molecule has 0 saturated carbocycles. The number of hydrogen-bond donors (Lipinski definition) is 1. The Kier molecular flexibility index (Phi) is 3.95. The highest BCUT2D eigenvalue weighted by Gasteiger charge is 2.30. The van der Waals surface area contributed by atoms with Gasteiger partial charge in [-0.15, -0.1) is 11.3 Å². The molecule has 1 unspecified atom stereocenters. The van der Waals surface area contributed by atoms with E-state index in [1.807, 2.05) is 5.38 Å². The van der Waals surface area contributed by atoms with Crippen molar-refractivity contribution in [1.82, 2.24) is 4.98 Å². The fourth-order valence-electron chi connectivity index (χ4n) is 2.36. The highest BCUT2D eigenvalue weighted by atomic mass is 32.2. The molecule has 21 heavy (non-hydrogen) atoms. The van der Waals surface area contributed by atoms with Crippen LogP contribution in [0, 0.1) is 5.82 Å². The Bertz CT molecular complexity index is 726. The molecule has 3 rings (SSSR count). The summed E-state index contributed by atoms with van der Waals surface area (Å²) < 4.78 is 35.8. The molecule has 2 aromatic rings. The molecule has 1 aromatic heterocycles. The van der Waals surface area contributed by atoms with Crippen LogP contribution in [-0.2, 0) is 16.4 Å². The molecule has 0 bridgehead atoms. The van der Waals surface area contributed by atoms with Gasteiger partial charge in [0.1, 0.15) is 5.82 Å². The summed E-state index contributed by atoms with van der Waals surface area (Å²) in [4.78, 5) is 4.46. The van der Waals surface area contributed by atoms with Gasteiger partial charge in [-0.05, 0) is 24.1 Å². The number of hydrogen-bond acceptors (Lipinski definition) is 5. The van der Waals surface area contributed by atoms with Crippen molar-refractivity contribution in [3.8, 4) is 0 Å². The van der Waals surface area contributed by atoms with Crippen LogP contribution >= 0.6 is 11.3 Å². The van der Waals surface area contributed by atoms with Crippen LogP contribution in [0.5, 0.6) is 0 Å². The van der Waals surface area contributed by atoms with E-state index in [2.05, 4.69) is 10.3 Å². The van der Waals surface area contributed by atoms with E-state index in [1.165, 1.54) is 23.5 Å². The lowest BCUT2D eigenvalue weighted by atomic mass is 10.1. The van der Waals surface area contributed by atoms with E-state index in [0.29, 0.717) is 13.0 Å². The summed E-state index contributed by atoms with van der Waals surface area (Å²) >= 11 is 1.47. The molecule has 1 N–H and O–H groups in total. The minimum Gasteiger partial charge on any atom is -0.357 e. The summed E-state index contributed by atoms with van der Waals surface area (Å²) in [6, 6.07) is 6.29. The second-order valence-corrected chi connectivity index (χ2v) is 8.24. The van der Waals surface area contributed by atoms with Gasteiger partial charge in [0.25, 0.3) is 0 Å². The third-order valence-corrected chi connectivity index (χ3v) is 6.12. The molecule has 2 heterocycles. The second kappa shape index (κ2) is 5.73. The fraction of sp³-hybridized carbons (Fsp3) is 0.357. The number of nitrogens with zero attached hydrogens (tertiary/aromatic N) is 1. The first-order valence-corrected chi connectivity index (χ1v) is 9.36. The summed E-state index contributed by atoms with van der Waals surface area (Å²) in [5, 5.41) is 5.86. The number of anilines is 1. The van der Waals surface area contributed by atoms with Gasteiger partial charge in [0, 0.05) is 17.8 Å². The molecule has 1 aliphatic rings. The van der Waals surface area contributed by atoms with E-state index < -0.39 is 9.84 Å². The first-order valence-electron chi connectivity index (χ1n) is 6.66. The molecule has 7 heteroatoms. The van der Waals surface area contributed by atoms with Crippen molar-refractivity contribution in [1.29, 1.82) is 0 Å². The Labute approximate surface area is 127 Å². The molecule has 1 aliphatic heterocycles. The van der Waals surface area contributed by atoms with Crippen LogP contribution in [0.2, 0.25) is 0 Å². The maximum atomic E-state index is 12.8. The standard InChI is InChI=1S/C14H15FN2O2S2/c15-12-3-1-10(2-4-12)7-16-14-17-13(8-20-14)11-5-6-21(18,19)9-11/h1-4,8,11H,5-7,9H2,(H,16,17). The Morgan fingerprint density at radius 3 is 2.76 bits per heavy atom. The highest BCUT2D eigenvalue weighted by Crippen LogP contribution is 2.31. The van der Waals surface area contributed by atoms with Crippen molar-refractivity contribution in [2.75, 3.05) is 16.8 Å². The average Bonchev–Trinajstić information content (AvgIpc) is 3.04. The van der Waals surface area contributed by atoms with Crippen molar-refractivity contribution < 1.29 is 12.8 Å². The lowest BCUT2D eigenvalue weighted by Crippen LogP contribution is -2.04.